The van der Waals surface area contributed by atoms with Gasteiger partial charge in [0.15, 0.2) is 11.5 Å². The van der Waals surface area contributed by atoms with Gasteiger partial charge in [0.05, 0.1) is 25.6 Å². The summed E-state index contributed by atoms with van der Waals surface area (Å²) in [5.41, 5.74) is 0.420. The number of hydrogen-bond acceptors (Lipinski definition) is 6. The predicted octanol–water partition coefficient (Wildman–Crippen LogP) is 2.43. The molecule has 164 valence electrons. The van der Waals surface area contributed by atoms with Crippen molar-refractivity contribution < 1.29 is 27.4 Å². The lowest BCUT2D eigenvalue weighted by molar-refractivity contribution is 0.0922. The molecule has 2 rings (SSSR count). The van der Waals surface area contributed by atoms with Crippen molar-refractivity contribution in [2.24, 2.45) is 0 Å². The van der Waals surface area contributed by atoms with Crippen LogP contribution in [0.4, 0.5) is 0 Å². The monoisotopic (exact) mass is 428 g/mol. The fourth-order valence-electron chi connectivity index (χ4n) is 3.25. The van der Waals surface area contributed by atoms with Gasteiger partial charge in [-0.3, -0.25) is 4.79 Å². The first kappa shape index (κ1) is 23.3. The highest BCUT2D eigenvalue weighted by Crippen LogP contribution is 2.39. The summed E-state index contributed by atoms with van der Waals surface area (Å²) in [6.45, 7) is 9.38. The molecule has 0 unspecified atom stereocenters. The molecule has 9 heteroatoms. The molecule has 0 saturated carbocycles. The highest BCUT2D eigenvalue weighted by Gasteiger charge is 2.28. The van der Waals surface area contributed by atoms with E-state index in [1.54, 1.807) is 19.1 Å². The highest BCUT2D eigenvalue weighted by atomic mass is 32.2. The normalized spacial score (nSPS) is 15.7. The van der Waals surface area contributed by atoms with Crippen LogP contribution in [0.2, 0.25) is 0 Å². The third kappa shape index (κ3) is 5.99. The Hall–Kier alpha value is -2.00. The first-order valence-electron chi connectivity index (χ1n) is 10.2. The maximum atomic E-state index is 12.8. The van der Waals surface area contributed by atoms with Crippen LogP contribution in [-0.2, 0) is 10.0 Å². The number of nitrogens with zero attached hydrogens (tertiary/aromatic N) is 1. The molecule has 1 N–H and O–H groups in total. The Morgan fingerprint density at radius 3 is 1.97 bits per heavy atom. The average molecular weight is 429 g/mol. The van der Waals surface area contributed by atoms with Gasteiger partial charge < -0.3 is 19.5 Å². The van der Waals surface area contributed by atoms with Crippen molar-refractivity contribution in [3.05, 3.63) is 17.7 Å². The van der Waals surface area contributed by atoms with Crippen LogP contribution in [0.1, 0.15) is 50.9 Å². The summed E-state index contributed by atoms with van der Waals surface area (Å²) in [6, 6.07) is 3.23. The molecule has 1 amide bonds. The molecule has 0 bridgehead atoms. The lowest BCUT2D eigenvalue weighted by Crippen LogP contribution is -2.46. The summed E-state index contributed by atoms with van der Waals surface area (Å²) in [5, 5.41) is 3.00. The Labute approximate surface area is 173 Å². The molecule has 0 aliphatic carbocycles. The molecular weight excluding hydrogens is 396 g/mol. The summed E-state index contributed by atoms with van der Waals surface area (Å²) in [5.74, 6) is 1.28. The third-order valence-corrected chi connectivity index (χ3v) is 6.60. The number of carbonyl (C=O) groups excluding carboxylic acids is 1. The Bertz CT molecular complexity index is 761. The van der Waals surface area contributed by atoms with E-state index in [1.807, 2.05) is 20.8 Å². The Morgan fingerprint density at radius 1 is 1.00 bits per heavy atom. The molecule has 29 heavy (non-hydrogen) atoms. The van der Waals surface area contributed by atoms with E-state index in [1.165, 1.54) is 4.31 Å². The quantitative estimate of drug-likeness (QED) is 0.615. The van der Waals surface area contributed by atoms with Gasteiger partial charge >= 0.3 is 0 Å². The molecule has 0 aromatic heterocycles. The number of piperidine rings is 1. The van der Waals surface area contributed by atoms with Gasteiger partial charge in [-0.05, 0) is 52.7 Å². The van der Waals surface area contributed by atoms with E-state index in [4.69, 9.17) is 14.2 Å². The van der Waals surface area contributed by atoms with E-state index >= 15 is 0 Å². The van der Waals surface area contributed by atoms with Crippen LogP contribution in [0.15, 0.2) is 12.1 Å². The van der Waals surface area contributed by atoms with Gasteiger partial charge in [0.2, 0.25) is 15.8 Å². The van der Waals surface area contributed by atoms with Crippen molar-refractivity contribution in [1.29, 1.82) is 0 Å². The van der Waals surface area contributed by atoms with Crippen molar-refractivity contribution in [2.45, 2.75) is 46.6 Å². The van der Waals surface area contributed by atoms with Gasteiger partial charge in [-0.15, -0.1) is 0 Å². The number of rotatable bonds is 10. The number of amides is 1. The number of benzene rings is 1. The molecule has 1 heterocycles. The minimum absolute atomic E-state index is 0.0801. The molecule has 1 aromatic rings. The van der Waals surface area contributed by atoms with Crippen LogP contribution in [0.3, 0.4) is 0 Å². The third-order valence-electron chi connectivity index (χ3n) is 4.72. The van der Waals surface area contributed by atoms with Crippen LogP contribution in [0.25, 0.3) is 0 Å². The van der Waals surface area contributed by atoms with E-state index < -0.39 is 10.0 Å². The molecule has 0 spiro atoms. The lowest BCUT2D eigenvalue weighted by atomic mass is 10.1. The predicted molar refractivity (Wildman–Crippen MR) is 111 cm³/mol. The van der Waals surface area contributed by atoms with Gasteiger partial charge in [-0.2, -0.15) is 0 Å². The Balaban J connectivity index is 2.14. The second-order valence-electron chi connectivity index (χ2n) is 6.65. The van der Waals surface area contributed by atoms with Crippen molar-refractivity contribution >= 4 is 15.9 Å². The summed E-state index contributed by atoms with van der Waals surface area (Å²) < 4.78 is 42.5. The van der Waals surface area contributed by atoms with Crippen LogP contribution in [0, 0.1) is 0 Å². The zero-order valence-electron chi connectivity index (χ0n) is 17.7. The van der Waals surface area contributed by atoms with E-state index in [0.717, 1.165) is 0 Å². The molecule has 8 nitrogen and oxygen atoms in total. The van der Waals surface area contributed by atoms with E-state index in [2.05, 4.69) is 5.32 Å². The van der Waals surface area contributed by atoms with E-state index in [0.29, 0.717) is 68.6 Å². The lowest BCUT2D eigenvalue weighted by Gasteiger charge is -2.31. The number of hydrogen-bond donors (Lipinski definition) is 1. The Morgan fingerprint density at radius 2 is 1.52 bits per heavy atom. The van der Waals surface area contributed by atoms with Crippen LogP contribution in [-0.4, -0.2) is 63.3 Å². The molecule has 1 saturated heterocycles. The van der Waals surface area contributed by atoms with Crippen molar-refractivity contribution in [3.8, 4) is 17.2 Å². The number of nitrogens with one attached hydrogen (secondary N) is 1. The Kier molecular flexibility index (Phi) is 8.58. The molecular formula is C20H32N2O6S. The number of carbonyl (C=O) groups is 1. The first-order valence-corrected chi connectivity index (χ1v) is 11.8. The number of sulfonamides is 1. The smallest absolute Gasteiger partial charge is 0.251 e. The van der Waals surface area contributed by atoms with Crippen molar-refractivity contribution in [2.75, 3.05) is 38.7 Å². The minimum Gasteiger partial charge on any atom is -0.490 e. The van der Waals surface area contributed by atoms with Crippen LogP contribution < -0.4 is 19.5 Å². The van der Waals surface area contributed by atoms with Gasteiger partial charge in [-0.1, -0.05) is 0 Å². The van der Waals surface area contributed by atoms with Crippen molar-refractivity contribution in [1.82, 2.24) is 9.62 Å². The van der Waals surface area contributed by atoms with Crippen LogP contribution in [0.5, 0.6) is 17.2 Å². The summed E-state index contributed by atoms with van der Waals surface area (Å²) >= 11 is 0. The fraction of sp³-hybridized carbons (Fsp3) is 0.650. The van der Waals surface area contributed by atoms with Gasteiger partial charge in [0.1, 0.15) is 0 Å². The summed E-state index contributed by atoms with van der Waals surface area (Å²) in [4.78, 5) is 12.8. The van der Waals surface area contributed by atoms with Crippen LogP contribution >= 0.6 is 0 Å². The standard InChI is InChI=1S/C20H32N2O6S/c1-5-26-17-13-15(14-18(27-6-2)19(17)28-7-3)20(23)21-16-9-11-22(12-10-16)29(24,25)8-4/h13-14,16H,5-12H2,1-4H3,(H,21,23). The molecule has 0 radical (unpaired) electrons. The second-order valence-corrected chi connectivity index (χ2v) is 8.91. The van der Waals surface area contributed by atoms with Gasteiger partial charge in [0.25, 0.3) is 5.91 Å². The molecule has 1 aliphatic rings. The maximum Gasteiger partial charge on any atom is 0.251 e. The fourth-order valence-corrected chi connectivity index (χ4v) is 4.38. The second kappa shape index (κ2) is 10.7. The minimum atomic E-state index is -3.19. The molecule has 1 aliphatic heterocycles. The largest absolute Gasteiger partial charge is 0.490 e. The molecule has 1 fully saturated rings. The first-order chi connectivity index (χ1) is 13.9. The zero-order valence-corrected chi connectivity index (χ0v) is 18.5. The average Bonchev–Trinajstić information content (AvgIpc) is 2.71. The summed E-state index contributed by atoms with van der Waals surface area (Å²) in [6.07, 6.45) is 1.16. The number of ether oxygens (including phenoxy) is 3. The van der Waals surface area contributed by atoms with E-state index in [-0.39, 0.29) is 17.7 Å². The van der Waals surface area contributed by atoms with Gasteiger partial charge in [0, 0.05) is 24.7 Å². The molecule has 1 aromatic carbocycles. The van der Waals surface area contributed by atoms with Gasteiger partial charge in [-0.25, -0.2) is 12.7 Å². The van der Waals surface area contributed by atoms with E-state index in [9.17, 15) is 13.2 Å². The SMILES string of the molecule is CCOc1cc(C(=O)NC2CCN(S(=O)(=O)CC)CC2)cc(OCC)c1OCC. The van der Waals surface area contributed by atoms with Crippen molar-refractivity contribution in [3.63, 3.8) is 0 Å². The summed E-state index contributed by atoms with van der Waals surface area (Å²) in [7, 11) is -3.19. The highest BCUT2D eigenvalue weighted by molar-refractivity contribution is 7.89. The molecule has 0 atom stereocenters. The maximum absolute atomic E-state index is 12.8. The topological polar surface area (TPSA) is 94.2 Å². The zero-order chi connectivity index (χ0) is 21.4.